The van der Waals surface area contributed by atoms with Crippen molar-refractivity contribution in [1.82, 2.24) is 14.1 Å². The van der Waals surface area contributed by atoms with E-state index in [1.807, 2.05) is 42.7 Å². The monoisotopic (exact) mass is 1340 g/mol. The summed E-state index contributed by atoms with van der Waals surface area (Å²) >= 11 is 0. The molecule has 0 atom stereocenters. The first-order valence-corrected chi connectivity index (χ1v) is 36.1. The Hall–Kier alpha value is -14.5. The number of hydrogen-bond donors (Lipinski definition) is 0. The molecule has 0 N–H and O–H groups in total. The third kappa shape index (κ3) is 8.91. The first-order valence-electron chi connectivity index (χ1n) is 36.1. The summed E-state index contributed by atoms with van der Waals surface area (Å²) in [4.78, 5) is 4.34. The van der Waals surface area contributed by atoms with Crippen LogP contribution in [0.5, 0.6) is 0 Å². The van der Waals surface area contributed by atoms with Gasteiger partial charge in [0.15, 0.2) is 0 Å². The van der Waals surface area contributed by atoms with E-state index < -0.39 is 0 Å². The molecule has 20 aromatic carbocycles. The van der Waals surface area contributed by atoms with Crippen LogP contribution in [0, 0.1) is 22.7 Å². The summed E-state index contributed by atoms with van der Waals surface area (Å²) in [5.74, 6) is 0. The Morgan fingerprint density at radius 2 is 0.566 bits per heavy atom. The molecule has 106 heavy (non-hydrogen) atoms. The Morgan fingerprint density at radius 3 is 0.981 bits per heavy atom. The van der Waals surface area contributed by atoms with Gasteiger partial charge in [-0.2, -0.15) is 10.5 Å². The molecule has 5 nitrogen and oxygen atoms in total. The van der Waals surface area contributed by atoms with Crippen molar-refractivity contribution in [3.05, 3.63) is 357 Å². The lowest BCUT2D eigenvalue weighted by molar-refractivity contribution is 1.18. The average molecular weight is 1340 g/mol. The van der Waals surface area contributed by atoms with Crippen LogP contribution in [0.2, 0.25) is 0 Å². The van der Waals surface area contributed by atoms with Crippen molar-refractivity contribution in [2.75, 3.05) is 0 Å². The first kappa shape index (κ1) is 59.2. The third-order valence-electron chi connectivity index (χ3n) is 22.7. The molecule has 0 aliphatic heterocycles. The van der Waals surface area contributed by atoms with Crippen molar-refractivity contribution in [2.45, 2.75) is 0 Å². The molecule has 0 amide bonds. The van der Waals surface area contributed by atoms with E-state index in [2.05, 4.69) is 330 Å². The van der Waals surface area contributed by atoms with Crippen LogP contribution in [-0.4, -0.2) is 14.1 Å². The zero-order valence-electron chi connectivity index (χ0n) is 57.1. The number of rotatable bonds is 8. The largest absolute Gasteiger partial charge is 0.309 e. The van der Waals surface area contributed by atoms with Crippen LogP contribution in [0.4, 0.5) is 0 Å². The van der Waals surface area contributed by atoms with Gasteiger partial charge in [0.05, 0.1) is 45.3 Å². The van der Waals surface area contributed by atoms with Crippen LogP contribution in [0.15, 0.2) is 346 Å². The molecular weight excluding hydrogens is 1280 g/mol. The van der Waals surface area contributed by atoms with Crippen molar-refractivity contribution in [1.29, 1.82) is 10.5 Å². The second kappa shape index (κ2) is 23.0. The number of para-hydroxylation sites is 2. The number of fused-ring (bicyclic) bond motifs is 1. The van der Waals surface area contributed by atoms with E-state index in [0.717, 1.165) is 60.5 Å². The van der Waals surface area contributed by atoms with Gasteiger partial charge in [0, 0.05) is 61.6 Å². The number of hydrogen-bond acceptors (Lipinski definition) is 3. The molecule has 3 heterocycles. The highest BCUT2D eigenvalue weighted by molar-refractivity contribution is 6.30. The number of aromatic nitrogens is 3. The fourth-order valence-electron chi connectivity index (χ4n) is 17.9. The lowest BCUT2D eigenvalue weighted by atomic mass is 9.88. The first-order chi connectivity index (χ1) is 52.4. The normalized spacial score (nSPS) is 11.9. The Morgan fingerprint density at radius 1 is 0.217 bits per heavy atom. The smallest absolute Gasteiger partial charge is 0.0998 e. The lowest BCUT2D eigenvalue weighted by Crippen LogP contribution is -1.93. The summed E-state index contributed by atoms with van der Waals surface area (Å²) < 4.78 is 4.65. The van der Waals surface area contributed by atoms with Crippen molar-refractivity contribution >= 4 is 141 Å². The van der Waals surface area contributed by atoms with Crippen LogP contribution < -0.4 is 0 Å². The van der Waals surface area contributed by atoms with E-state index in [4.69, 9.17) is 0 Å². The maximum Gasteiger partial charge on any atom is 0.0998 e. The van der Waals surface area contributed by atoms with Crippen LogP contribution in [-0.2, 0) is 0 Å². The highest BCUT2D eigenvalue weighted by Crippen LogP contribution is 2.48. The molecule has 486 valence electrons. The number of pyridine rings is 1. The van der Waals surface area contributed by atoms with E-state index in [0.29, 0.717) is 11.1 Å². The van der Waals surface area contributed by atoms with Crippen molar-refractivity contribution in [3.63, 3.8) is 0 Å². The Balaban J connectivity index is 0.000000133. The van der Waals surface area contributed by atoms with Crippen LogP contribution >= 0.6 is 0 Å². The van der Waals surface area contributed by atoms with Crippen LogP contribution in [0.25, 0.3) is 219 Å². The molecule has 3 aromatic heterocycles. The van der Waals surface area contributed by atoms with E-state index in [9.17, 15) is 10.5 Å². The Labute approximate surface area is 608 Å². The lowest BCUT2D eigenvalue weighted by Gasteiger charge is -2.15. The molecular formula is C101H57N5. The second-order valence-corrected chi connectivity index (χ2v) is 28.3. The molecule has 0 aliphatic carbocycles. The minimum absolute atomic E-state index is 0.703. The Bertz CT molecular complexity index is 7470. The maximum absolute atomic E-state index is 10.0. The highest BCUT2D eigenvalue weighted by Gasteiger charge is 2.24. The van der Waals surface area contributed by atoms with Gasteiger partial charge in [0.25, 0.3) is 0 Å². The summed E-state index contributed by atoms with van der Waals surface area (Å²) in [5.41, 5.74) is 22.5. The van der Waals surface area contributed by atoms with E-state index in [1.165, 1.54) is 158 Å². The van der Waals surface area contributed by atoms with Crippen LogP contribution in [0.1, 0.15) is 11.1 Å². The second-order valence-electron chi connectivity index (χ2n) is 28.3. The summed E-state index contributed by atoms with van der Waals surface area (Å²) in [7, 11) is 0. The maximum atomic E-state index is 10.0. The quantitative estimate of drug-likeness (QED) is 0.142. The summed E-state index contributed by atoms with van der Waals surface area (Å²) in [6.45, 7) is 0. The minimum Gasteiger partial charge on any atom is -0.309 e. The predicted molar refractivity (Wildman–Crippen MR) is 444 cm³/mol. The standard InChI is InChI=1S/C53H30N2.C48H27N3/c54-31-39-21-25-48-52-46(39)22-23-47-45(24-26-49(53(47)52)55(48)42-9-2-1-3-10-42)34-15-13-32(14-16-34)40-27-35-17-19-37-29-41(30-38-20-18-36(28-40)50(35)51(37)38)44-12-6-8-33-7-4-5-11-43(33)44;49-27-35-16-20-43-47-41(35)17-18-42-40(19-21-44(48(42)47)51(43)39-6-2-1-3-7-39)30-10-8-29(9-11-30)37-23-31-12-14-33-25-38(36-5-4-22-50-28-36)26-34-15-13-32(24-37)45(31)46(33)34/h1-30H;1-26,28H. The number of nitriles is 2. The summed E-state index contributed by atoms with van der Waals surface area (Å²) in [6.07, 6.45) is 3.75. The molecule has 5 heteroatoms. The Kier molecular flexibility index (Phi) is 12.9. The topological polar surface area (TPSA) is 70.3 Å². The zero-order valence-corrected chi connectivity index (χ0v) is 57.1. The van der Waals surface area contributed by atoms with Crippen molar-refractivity contribution in [2.24, 2.45) is 0 Å². The molecule has 0 spiro atoms. The van der Waals surface area contributed by atoms with Crippen molar-refractivity contribution < 1.29 is 0 Å². The molecule has 0 unspecified atom stereocenters. The zero-order chi connectivity index (χ0) is 69.8. The average Bonchev–Trinajstić information content (AvgIpc) is 1.47. The third-order valence-corrected chi connectivity index (χ3v) is 22.7. The van der Waals surface area contributed by atoms with Gasteiger partial charge in [-0.15, -0.1) is 0 Å². The van der Waals surface area contributed by atoms with E-state index in [1.54, 1.807) is 0 Å². The van der Waals surface area contributed by atoms with Gasteiger partial charge >= 0.3 is 0 Å². The van der Waals surface area contributed by atoms with Gasteiger partial charge in [-0.05, 0) is 263 Å². The predicted octanol–water partition coefficient (Wildman–Crippen LogP) is 26.8. The molecule has 23 aromatic rings. The van der Waals surface area contributed by atoms with Gasteiger partial charge in [0.2, 0.25) is 0 Å². The SMILES string of the molecule is N#Cc1ccc2c3c1ccc1c(-c4ccc(-c5cc6ccc7cc(-c8cccc9ccccc89)cc8ccc(c5)c6c78)cc4)ccc(c13)n2-c1ccccc1.N#Cc1ccc2c3c1ccc1c(-c4ccc(-c5cc6ccc7cc(-c8cccnc8)cc8ccc(c5)c6c78)cc4)ccc(c13)n2-c1ccccc1. The molecule has 0 fully saturated rings. The number of nitrogens with zero attached hydrogens (tertiary/aromatic N) is 5. The molecule has 23 rings (SSSR count). The fraction of sp³-hybridized carbons (Fsp3) is 0. The van der Waals surface area contributed by atoms with Gasteiger partial charge in [0.1, 0.15) is 0 Å². The summed E-state index contributed by atoms with van der Waals surface area (Å²) in [5, 5.41) is 46.9. The molecule has 0 saturated heterocycles. The fourth-order valence-corrected chi connectivity index (χ4v) is 17.9. The van der Waals surface area contributed by atoms with Crippen molar-refractivity contribution in [3.8, 4) is 90.3 Å². The molecule has 0 bridgehead atoms. The van der Waals surface area contributed by atoms with Gasteiger partial charge < -0.3 is 9.13 Å². The summed E-state index contributed by atoms with van der Waals surface area (Å²) in [6, 6.07) is 126. The highest BCUT2D eigenvalue weighted by atomic mass is 15.0. The molecule has 0 saturated carbocycles. The van der Waals surface area contributed by atoms with Gasteiger partial charge in [-0.3, -0.25) is 4.98 Å². The van der Waals surface area contributed by atoms with Crippen LogP contribution in [0.3, 0.4) is 0 Å². The number of benzene rings is 20. The van der Waals surface area contributed by atoms with E-state index in [-0.39, 0.29) is 0 Å². The van der Waals surface area contributed by atoms with E-state index >= 15 is 0 Å². The minimum atomic E-state index is 0.703. The van der Waals surface area contributed by atoms with Gasteiger partial charge in [-0.1, -0.05) is 218 Å². The van der Waals surface area contributed by atoms with Gasteiger partial charge in [-0.25, -0.2) is 0 Å². The molecule has 0 radical (unpaired) electrons. The molecule has 0 aliphatic rings.